The number of hydrogen-bond acceptors (Lipinski definition) is 3. The van der Waals surface area contributed by atoms with Crippen LogP contribution in [-0.4, -0.2) is 10.9 Å². The van der Waals surface area contributed by atoms with E-state index in [4.69, 9.17) is 16.0 Å². The van der Waals surface area contributed by atoms with Gasteiger partial charge in [-0.1, -0.05) is 54.6 Å². The molecule has 0 aliphatic carbocycles. The number of nitrogens with two attached hydrogens (primary N) is 1. The van der Waals surface area contributed by atoms with Crippen molar-refractivity contribution in [3.05, 3.63) is 83.6 Å². The number of allylic oxidation sites excluding steroid dienone is 1. The zero-order chi connectivity index (χ0) is 19.1. The van der Waals surface area contributed by atoms with Crippen molar-refractivity contribution < 1.29 is 4.79 Å². The van der Waals surface area contributed by atoms with Crippen LogP contribution in [0.2, 0.25) is 0 Å². The Hall–Kier alpha value is -3.45. The largest absolute Gasteiger partial charge is 0.366 e. The SMILES string of the molecule is N#CCCC=C(C(N)=O)c1ccc(CCc2ccc3ccccc3n2)cc1. The van der Waals surface area contributed by atoms with E-state index in [9.17, 15) is 4.79 Å². The molecular weight excluding hydrogens is 334 g/mol. The summed E-state index contributed by atoms with van der Waals surface area (Å²) < 4.78 is 0. The first-order valence-electron chi connectivity index (χ1n) is 8.98. The van der Waals surface area contributed by atoms with E-state index in [0.29, 0.717) is 18.4 Å². The molecule has 0 saturated heterocycles. The minimum absolute atomic E-state index is 0.369. The third-order valence-electron chi connectivity index (χ3n) is 4.46. The van der Waals surface area contributed by atoms with Crippen molar-refractivity contribution in [2.24, 2.45) is 5.73 Å². The summed E-state index contributed by atoms with van der Waals surface area (Å²) in [7, 11) is 0. The molecule has 4 nitrogen and oxygen atoms in total. The van der Waals surface area contributed by atoms with Crippen LogP contribution < -0.4 is 5.73 Å². The van der Waals surface area contributed by atoms with E-state index in [1.807, 2.05) is 42.5 Å². The van der Waals surface area contributed by atoms with Gasteiger partial charge in [-0.25, -0.2) is 0 Å². The second-order valence-corrected chi connectivity index (χ2v) is 6.37. The van der Waals surface area contributed by atoms with Gasteiger partial charge in [-0.2, -0.15) is 5.26 Å². The molecule has 0 spiro atoms. The molecule has 0 unspecified atom stereocenters. The van der Waals surface area contributed by atoms with Gasteiger partial charge in [0.05, 0.1) is 11.6 Å². The molecule has 0 atom stereocenters. The molecule has 1 heterocycles. The Morgan fingerprint density at radius 2 is 1.81 bits per heavy atom. The number of para-hydroxylation sites is 1. The van der Waals surface area contributed by atoms with Crippen LogP contribution in [0.3, 0.4) is 0 Å². The number of primary amides is 1. The van der Waals surface area contributed by atoms with Crippen LogP contribution in [0.1, 0.15) is 29.7 Å². The molecule has 1 aromatic heterocycles. The Morgan fingerprint density at radius 1 is 1.04 bits per heavy atom. The number of rotatable bonds is 7. The monoisotopic (exact) mass is 355 g/mol. The molecule has 134 valence electrons. The molecule has 2 aromatic carbocycles. The van der Waals surface area contributed by atoms with Gasteiger partial charge in [-0.15, -0.1) is 0 Å². The molecule has 0 bridgehead atoms. The first kappa shape index (κ1) is 18.3. The lowest BCUT2D eigenvalue weighted by Crippen LogP contribution is -2.13. The summed E-state index contributed by atoms with van der Waals surface area (Å²) in [6, 6.07) is 22.2. The molecule has 3 aromatic rings. The molecular formula is C23H21N3O. The number of benzene rings is 2. The van der Waals surface area contributed by atoms with Crippen molar-refractivity contribution in [1.29, 1.82) is 5.26 Å². The fourth-order valence-corrected chi connectivity index (χ4v) is 3.01. The maximum Gasteiger partial charge on any atom is 0.248 e. The van der Waals surface area contributed by atoms with Crippen molar-refractivity contribution in [2.45, 2.75) is 25.7 Å². The van der Waals surface area contributed by atoms with Crippen LogP contribution >= 0.6 is 0 Å². The van der Waals surface area contributed by atoms with Gasteiger partial charge < -0.3 is 5.73 Å². The van der Waals surface area contributed by atoms with Crippen molar-refractivity contribution in [3.8, 4) is 6.07 Å². The average molecular weight is 355 g/mol. The molecule has 0 radical (unpaired) electrons. The van der Waals surface area contributed by atoms with Crippen LogP contribution in [0, 0.1) is 11.3 Å². The van der Waals surface area contributed by atoms with E-state index in [-0.39, 0.29) is 0 Å². The van der Waals surface area contributed by atoms with Crippen LogP contribution in [0.5, 0.6) is 0 Å². The van der Waals surface area contributed by atoms with Crippen molar-refractivity contribution in [2.75, 3.05) is 0 Å². The molecule has 0 aliphatic rings. The quantitative estimate of drug-likeness (QED) is 0.510. The summed E-state index contributed by atoms with van der Waals surface area (Å²) in [6.07, 6.45) is 4.35. The summed E-state index contributed by atoms with van der Waals surface area (Å²) in [4.78, 5) is 16.4. The highest BCUT2D eigenvalue weighted by Crippen LogP contribution is 2.18. The topological polar surface area (TPSA) is 79.8 Å². The number of nitrogens with zero attached hydrogens (tertiary/aromatic N) is 2. The number of nitriles is 1. The first-order valence-corrected chi connectivity index (χ1v) is 8.98. The minimum Gasteiger partial charge on any atom is -0.366 e. The molecule has 27 heavy (non-hydrogen) atoms. The lowest BCUT2D eigenvalue weighted by Gasteiger charge is -2.07. The van der Waals surface area contributed by atoms with Crippen LogP contribution in [0.25, 0.3) is 16.5 Å². The Labute approximate surface area is 159 Å². The normalized spacial score (nSPS) is 11.3. The number of fused-ring (bicyclic) bond motifs is 1. The summed E-state index contributed by atoms with van der Waals surface area (Å²) in [5, 5.41) is 9.78. The number of pyridine rings is 1. The Balaban J connectivity index is 1.68. The molecule has 4 heteroatoms. The standard InChI is InChI=1S/C23H21N3O/c24-16-4-3-6-21(23(25)27)18-11-8-17(9-12-18)10-14-20-15-13-19-5-1-2-7-22(19)26-20/h1-2,5-9,11-13,15H,3-4,10,14H2,(H2,25,27). The zero-order valence-corrected chi connectivity index (χ0v) is 15.1. The van der Waals surface area contributed by atoms with E-state index in [2.05, 4.69) is 24.3 Å². The maximum atomic E-state index is 11.7. The number of hydrogen-bond donors (Lipinski definition) is 1. The van der Waals surface area contributed by atoms with Crippen LogP contribution in [-0.2, 0) is 17.6 Å². The number of unbranched alkanes of at least 4 members (excludes halogenated alkanes) is 1. The molecule has 0 fully saturated rings. The number of carbonyl (C=O) groups is 1. The number of aromatic nitrogens is 1. The highest BCUT2D eigenvalue weighted by molar-refractivity contribution is 6.18. The van der Waals surface area contributed by atoms with Gasteiger partial charge in [-0.05, 0) is 42.5 Å². The van der Waals surface area contributed by atoms with E-state index in [1.54, 1.807) is 6.08 Å². The van der Waals surface area contributed by atoms with Gasteiger partial charge in [0.25, 0.3) is 0 Å². The molecule has 2 N–H and O–H groups in total. The summed E-state index contributed by atoms with van der Waals surface area (Å²) in [5.74, 6) is -0.471. The number of aryl methyl sites for hydroxylation is 2. The summed E-state index contributed by atoms with van der Waals surface area (Å²) in [5.41, 5.74) is 9.97. The van der Waals surface area contributed by atoms with Crippen LogP contribution in [0.15, 0.2) is 66.7 Å². The fourth-order valence-electron chi connectivity index (χ4n) is 3.01. The Morgan fingerprint density at radius 3 is 2.56 bits per heavy atom. The van der Waals surface area contributed by atoms with Gasteiger partial charge in [-0.3, -0.25) is 9.78 Å². The maximum absolute atomic E-state index is 11.7. The predicted octanol–water partition coefficient (Wildman–Crippen LogP) is 4.19. The molecule has 0 saturated carbocycles. The highest BCUT2D eigenvalue weighted by atomic mass is 16.1. The lowest BCUT2D eigenvalue weighted by molar-refractivity contribution is -0.112. The highest BCUT2D eigenvalue weighted by Gasteiger charge is 2.08. The first-order chi connectivity index (χ1) is 13.2. The predicted molar refractivity (Wildman–Crippen MR) is 108 cm³/mol. The van der Waals surface area contributed by atoms with Gasteiger partial charge in [0.1, 0.15) is 0 Å². The molecule has 3 rings (SSSR count). The second kappa shape index (κ2) is 8.77. The summed E-state index contributed by atoms with van der Waals surface area (Å²) in [6.45, 7) is 0. The van der Waals surface area contributed by atoms with E-state index < -0.39 is 5.91 Å². The number of amides is 1. The van der Waals surface area contributed by atoms with Crippen molar-refractivity contribution >= 4 is 22.4 Å². The third kappa shape index (κ3) is 4.80. The summed E-state index contributed by atoms with van der Waals surface area (Å²) >= 11 is 0. The number of carbonyl (C=O) groups excluding carboxylic acids is 1. The smallest absolute Gasteiger partial charge is 0.248 e. The fraction of sp³-hybridized carbons (Fsp3) is 0.174. The van der Waals surface area contributed by atoms with E-state index in [1.165, 1.54) is 5.56 Å². The minimum atomic E-state index is -0.471. The Bertz CT molecular complexity index is 1010. The van der Waals surface area contributed by atoms with Gasteiger partial charge >= 0.3 is 0 Å². The van der Waals surface area contributed by atoms with E-state index in [0.717, 1.165) is 35.0 Å². The van der Waals surface area contributed by atoms with Crippen molar-refractivity contribution in [3.63, 3.8) is 0 Å². The Kier molecular flexibility index (Phi) is 5.96. The molecule has 0 aliphatic heterocycles. The van der Waals surface area contributed by atoms with Gasteiger partial charge in [0.2, 0.25) is 5.91 Å². The van der Waals surface area contributed by atoms with Gasteiger partial charge in [0.15, 0.2) is 0 Å². The average Bonchev–Trinajstić information content (AvgIpc) is 2.70. The second-order valence-electron chi connectivity index (χ2n) is 6.37. The van der Waals surface area contributed by atoms with Crippen molar-refractivity contribution in [1.82, 2.24) is 4.98 Å². The zero-order valence-electron chi connectivity index (χ0n) is 15.1. The lowest BCUT2D eigenvalue weighted by atomic mass is 10.00. The van der Waals surface area contributed by atoms with Crippen LogP contribution in [0.4, 0.5) is 0 Å². The van der Waals surface area contributed by atoms with E-state index >= 15 is 0 Å². The molecule has 1 amide bonds. The third-order valence-corrected chi connectivity index (χ3v) is 4.46. The van der Waals surface area contributed by atoms with Gasteiger partial charge in [0, 0.05) is 23.1 Å².